The topological polar surface area (TPSA) is 81.4 Å². The molecule has 1 heterocycles. The zero-order valence-electron chi connectivity index (χ0n) is 13.4. The quantitative estimate of drug-likeness (QED) is 0.878. The average molecular weight is 304 g/mol. The Hall–Kier alpha value is -2.37. The molecule has 2 aromatic rings. The number of aryl methyl sites for hydroxylation is 1. The summed E-state index contributed by atoms with van der Waals surface area (Å²) in [6.45, 7) is 8.80. The second-order valence-corrected chi connectivity index (χ2v) is 6.18. The van der Waals surface area contributed by atoms with E-state index in [1.165, 1.54) is 0 Å². The van der Waals surface area contributed by atoms with Crippen LogP contribution in [0.3, 0.4) is 0 Å². The molecular weight excluding hydrogens is 284 g/mol. The van der Waals surface area contributed by atoms with E-state index in [1.54, 1.807) is 33.8 Å². The summed E-state index contributed by atoms with van der Waals surface area (Å²) in [4.78, 5) is 28.2. The van der Waals surface area contributed by atoms with Crippen molar-refractivity contribution in [2.45, 2.75) is 46.3 Å². The summed E-state index contributed by atoms with van der Waals surface area (Å²) >= 11 is 0. The van der Waals surface area contributed by atoms with Gasteiger partial charge in [-0.3, -0.25) is 0 Å². The average Bonchev–Trinajstić information content (AvgIpc) is 2.36. The van der Waals surface area contributed by atoms with Crippen LogP contribution in [-0.2, 0) is 9.53 Å². The summed E-state index contributed by atoms with van der Waals surface area (Å²) < 4.78 is 10.4. The monoisotopic (exact) mass is 304 g/mol. The van der Waals surface area contributed by atoms with Gasteiger partial charge in [-0.1, -0.05) is 12.1 Å². The van der Waals surface area contributed by atoms with Gasteiger partial charge >= 0.3 is 11.6 Å². The van der Waals surface area contributed by atoms with Crippen molar-refractivity contribution in [2.24, 2.45) is 0 Å². The van der Waals surface area contributed by atoms with E-state index in [-0.39, 0.29) is 6.01 Å². The van der Waals surface area contributed by atoms with Gasteiger partial charge < -0.3 is 14.5 Å². The number of anilines is 1. The number of ether oxygens (including phenoxy) is 1. The molecule has 0 aliphatic rings. The first-order valence-corrected chi connectivity index (χ1v) is 7.07. The highest BCUT2D eigenvalue weighted by atomic mass is 16.6. The minimum atomic E-state index is -0.683. The molecule has 6 nitrogen and oxygen atoms in total. The number of aromatic nitrogens is 1. The van der Waals surface area contributed by atoms with Gasteiger partial charge in [0.15, 0.2) is 0 Å². The fourth-order valence-electron chi connectivity index (χ4n) is 1.98. The largest absolute Gasteiger partial charge is 0.458 e. The molecule has 0 aliphatic carbocycles. The maximum absolute atomic E-state index is 12.0. The highest BCUT2D eigenvalue weighted by Crippen LogP contribution is 2.16. The van der Waals surface area contributed by atoms with E-state index in [0.29, 0.717) is 10.9 Å². The summed E-state index contributed by atoms with van der Waals surface area (Å²) in [5.74, 6) is -0.443. The van der Waals surface area contributed by atoms with Gasteiger partial charge in [0.05, 0.1) is 10.9 Å². The Bertz CT molecular complexity index is 759. The molecule has 0 aliphatic heterocycles. The van der Waals surface area contributed by atoms with Gasteiger partial charge in [-0.25, -0.2) is 9.59 Å². The zero-order valence-corrected chi connectivity index (χ0v) is 13.4. The number of hydrogen-bond donors (Lipinski definition) is 1. The maximum atomic E-state index is 12.0. The Labute approximate surface area is 128 Å². The van der Waals surface area contributed by atoms with Gasteiger partial charge in [-0.15, -0.1) is 0 Å². The van der Waals surface area contributed by atoms with Gasteiger partial charge in [0.2, 0.25) is 0 Å². The highest BCUT2D eigenvalue weighted by molar-refractivity contribution is 5.82. The van der Waals surface area contributed by atoms with Crippen molar-refractivity contribution < 1.29 is 13.9 Å². The smallest absolute Gasteiger partial charge is 0.348 e. The van der Waals surface area contributed by atoms with Crippen LogP contribution in [0.4, 0.5) is 6.01 Å². The third kappa shape index (κ3) is 3.63. The normalized spacial score (nSPS) is 13.0. The SMILES string of the molecule is Cc1cccc2nc(N[C@@H](C)C(=O)OC(C)(C)C)oc(=O)c12. The first kappa shape index (κ1) is 16.0. The molecule has 0 saturated carbocycles. The lowest BCUT2D eigenvalue weighted by molar-refractivity contribution is -0.155. The fourth-order valence-corrected chi connectivity index (χ4v) is 1.98. The zero-order chi connectivity index (χ0) is 16.5. The molecule has 1 N–H and O–H groups in total. The van der Waals surface area contributed by atoms with Crippen molar-refractivity contribution in [2.75, 3.05) is 5.32 Å². The number of rotatable bonds is 3. The van der Waals surface area contributed by atoms with Crippen LogP contribution in [0.1, 0.15) is 33.3 Å². The second kappa shape index (κ2) is 5.79. The molecule has 0 unspecified atom stereocenters. The van der Waals surface area contributed by atoms with Gasteiger partial charge in [0.25, 0.3) is 6.01 Å². The van der Waals surface area contributed by atoms with E-state index in [1.807, 2.05) is 19.1 Å². The summed E-state index contributed by atoms with van der Waals surface area (Å²) in [7, 11) is 0. The lowest BCUT2D eigenvalue weighted by Crippen LogP contribution is -2.35. The van der Waals surface area contributed by atoms with E-state index >= 15 is 0 Å². The summed E-state index contributed by atoms with van der Waals surface area (Å²) in [6.07, 6.45) is 0. The fraction of sp³-hybridized carbons (Fsp3) is 0.438. The van der Waals surface area contributed by atoms with Crippen molar-refractivity contribution in [3.63, 3.8) is 0 Å². The van der Waals surface area contributed by atoms with Crippen molar-refractivity contribution in [3.8, 4) is 0 Å². The van der Waals surface area contributed by atoms with E-state index < -0.39 is 23.2 Å². The summed E-state index contributed by atoms with van der Waals surface area (Å²) in [5, 5.41) is 3.21. The van der Waals surface area contributed by atoms with Crippen LogP contribution in [0.5, 0.6) is 0 Å². The summed E-state index contributed by atoms with van der Waals surface area (Å²) in [6, 6.07) is 4.67. The minimum Gasteiger partial charge on any atom is -0.458 e. The van der Waals surface area contributed by atoms with Crippen molar-refractivity contribution >= 4 is 22.9 Å². The molecular formula is C16H20N2O4. The molecule has 118 valence electrons. The number of nitrogens with zero attached hydrogens (tertiary/aromatic N) is 1. The molecule has 1 aromatic carbocycles. The predicted octanol–water partition coefficient (Wildman–Crippen LogP) is 2.64. The van der Waals surface area contributed by atoms with Crippen LogP contribution < -0.4 is 10.9 Å². The van der Waals surface area contributed by atoms with Crippen molar-refractivity contribution in [1.29, 1.82) is 0 Å². The standard InChI is InChI=1S/C16H20N2O4/c1-9-7-6-8-11-12(9)14(20)21-15(18-11)17-10(2)13(19)22-16(3,4)5/h6-8,10H,1-5H3,(H,17,18)/t10-/m0/s1. The van der Waals surface area contributed by atoms with Crippen LogP contribution in [0.2, 0.25) is 0 Å². The third-order valence-corrected chi connectivity index (χ3v) is 2.97. The molecule has 0 saturated heterocycles. The minimum absolute atomic E-state index is 0.00135. The number of carbonyl (C=O) groups excluding carboxylic acids is 1. The highest BCUT2D eigenvalue weighted by Gasteiger charge is 2.22. The Kier molecular flexibility index (Phi) is 4.21. The maximum Gasteiger partial charge on any atom is 0.348 e. The molecule has 1 atom stereocenters. The Balaban J connectivity index is 2.26. The second-order valence-electron chi connectivity index (χ2n) is 6.18. The molecule has 0 bridgehead atoms. The first-order chi connectivity index (χ1) is 10.2. The molecule has 0 radical (unpaired) electrons. The Morgan fingerprint density at radius 2 is 2.05 bits per heavy atom. The molecule has 22 heavy (non-hydrogen) atoms. The van der Waals surface area contributed by atoms with Crippen molar-refractivity contribution in [1.82, 2.24) is 4.98 Å². The molecule has 6 heteroatoms. The third-order valence-electron chi connectivity index (χ3n) is 2.97. The van der Waals surface area contributed by atoms with Crippen LogP contribution >= 0.6 is 0 Å². The van der Waals surface area contributed by atoms with E-state index in [4.69, 9.17) is 9.15 Å². The molecule has 2 rings (SSSR count). The van der Waals surface area contributed by atoms with Gasteiger partial charge in [-0.05, 0) is 46.2 Å². The Morgan fingerprint density at radius 3 is 2.68 bits per heavy atom. The van der Waals surface area contributed by atoms with Crippen LogP contribution in [-0.4, -0.2) is 22.6 Å². The number of hydrogen-bond acceptors (Lipinski definition) is 6. The van der Waals surface area contributed by atoms with Crippen LogP contribution in [0, 0.1) is 6.92 Å². The van der Waals surface area contributed by atoms with E-state index in [0.717, 1.165) is 5.56 Å². The Morgan fingerprint density at radius 1 is 1.36 bits per heavy atom. The number of nitrogens with one attached hydrogen (secondary N) is 1. The number of benzene rings is 1. The van der Waals surface area contributed by atoms with E-state index in [2.05, 4.69) is 10.3 Å². The molecule has 0 amide bonds. The van der Waals surface area contributed by atoms with Gasteiger partial charge in [0.1, 0.15) is 11.6 Å². The van der Waals surface area contributed by atoms with Gasteiger partial charge in [0, 0.05) is 0 Å². The van der Waals surface area contributed by atoms with Crippen molar-refractivity contribution in [3.05, 3.63) is 34.2 Å². The molecule has 1 aromatic heterocycles. The lowest BCUT2D eigenvalue weighted by Gasteiger charge is -2.22. The molecule has 0 fully saturated rings. The van der Waals surface area contributed by atoms with Crippen LogP contribution in [0.15, 0.2) is 27.4 Å². The predicted molar refractivity (Wildman–Crippen MR) is 83.9 cm³/mol. The number of esters is 1. The van der Waals surface area contributed by atoms with E-state index in [9.17, 15) is 9.59 Å². The number of carbonyl (C=O) groups is 1. The summed E-state index contributed by atoms with van der Waals surface area (Å²) in [5.41, 5.74) is 0.254. The van der Waals surface area contributed by atoms with Gasteiger partial charge in [-0.2, -0.15) is 4.98 Å². The molecule has 0 spiro atoms. The van der Waals surface area contributed by atoms with Crippen LogP contribution in [0.25, 0.3) is 10.9 Å². The first-order valence-electron chi connectivity index (χ1n) is 7.07. The lowest BCUT2D eigenvalue weighted by atomic mass is 10.1. The number of fused-ring (bicyclic) bond motifs is 1.